The lowest BCUT2D eigenvalue weighted by atomic mass is 9.83. The molecule has 11 nitrogen and oxygen atoms in total. The number of nitrogens with zero attached hydrogens (tertiary/aromatic N) is 2. The van der Waals surface area contributed by atoms with E-state index in [0.29, 0.717) is 45.2 Å². The molecule has 0 aromatic heterocycles. The highest BCUT2D eigenvalue weighted by molar-refractivity contribution is 6.14. The van der Waals surface area contributed by atoms with Crippen LogP contribution in [-0.4, -0.2) is 78.8 Å². The summed E-state index contributed by atoms with van der Waals surface area (Å²) in [6, 6.07) is 7.44. The Bertz CT molecular complexity index is 921. The Morgan fingerprint density at radius 2 is 1.92 bits per heavy atom. The zero-order valence-corrected chi connectivity index (χ0v) is 21.1. The molecule has 1 aliphatic heterocycles. The average Bonchev–Trinajstić information content (AvgIpc) is 3.30. The van der Waals surface area contributed by atoms with Crippen molar-refractivity contribution in [2.45, 2.75) is 63.6 Å². The summed E-state index contributed by atoms with van der Waals surface area (Å²) in [7, 11) is 0. The Morgan fingerprint density at radius 1 is 1.19 bits per heavy atom. The summed E-state index contributed by atoms with van der Waals surface area (Å²) < 4.78 is 5.03. The number of nitrogens with two attached hydrogens (primary N) is 2. The summed E-state index contributed by atoms with van der Waals surface area (Å²) >= 11 is 0. The number of ketones is 1. The van der Waals surface area contributed by atoms with Crippen LogP contribution >= 0.6 is 0 Å². The molecule has 1 fully saturated rings. The van der Waals surface area contributed by atoms with E-state index in [9.17, 15) is 19.2 Å². The number of alkyl carbamates (subject to hydrolysis) is 1. The van der Waals surface area contributed by atoms with E-state index in [1.54, 1.807) is 6.92 Å². The van der Waals surface area contributed by atoms with Gasteiger partial charge in [-0.15, -0.1) is 0 Å². The molecule has 1 heterocycles. The molecule has 1 saturated heterocycles. The van der Waals surface area contributed by atoms with Gasteiger partial charge in [0.25, 0.3) is 0 Å². The van der Waals surface area contributed by atoms with Crippen molar-refractivity contribution < 1.29 is 23.9 Å². The smallest absolute Gasteiger partial charge is 0.407 e. The van der Waals surface area contributed by atoms with Crippen LogP contribution in [0.5, 0.6) is 0 Å². The molecule has 1 aromatic rings. The molecule has 11 heteroatoms. The molecule has 3 atom stereocenters. The first-order chi connectivity index (χ1) is 17.3. The molecule has 198 valence electrons. The molecule has 2 rings (SSSR count). The van der Waals surface area contributed by atoms with Crippen LogP contribution in [0.4, 0.5) is 4.79 Å². The van der Waals surface area contributed by atoms with Gasteiger partial charge in [-0.3, -0.25) is 19.5 Å². The van der Waals surface area contributed by atoms with Gasteiger partial charge in [-0.1, -0.05) is 37.3 Å². The van der Waals surface area contributed by atoms with Gasteiger partial charge >= 0.3 is 6.09 Å². The minimum Gasteiger partial charge on any atom is -0.450 e. The number of carbonyl (C=O) groups is 4. The number of hydrogen-bond acceptors (Lipinski definition) is 7. The van der Waals surface area contributed by atoms with E-state index in [1.165, 1.54) is 0 Å². The van der Waals surface area contributed by atoms with Crippen LogP contribution in [0.3, 0.4) is 0 Å². The molecule has 0 radical (unpaired) electrons. The summed E-state index contributed by atoms with van der Waals surface area (Å²) in [5.74, 6) is -1.02. The molecule has 6 N–H and O–H groups in total. The van der Waals surface area contributed by atoms with Gasteiger partial charge in [0.1, 0.15) is 6.29 Å². The van der Waals surface area contributed by atoms with Crippen LogP contribution in [0.15, 0.2) is 35.3 Å². The molecule has 1 aliphatic rings. The van der Waals surface area contributed by atoms with E-state index >= 15 is 0 Å². The minimum atomic E-state index is -1.52. The third-order valence-electron chi connectivity index (χ3n) is 6.29. The zero-order chi connectivity index (χ0) is 26.6. The van der Waals surface area contributed by atoms with Gasteiger partial charge in [0.2, 0.25) is 5.91 Å². The van der Waals surface area contributed by atoms with Crippen LogP contribution in [0.25, 0.3) is 0 Å². The van der Waals surface area contributed by atoms with E-state index in [1.807, 2.05) is 42.2 Å². The Morgan fingerprint density at radius 3 is 2.53 bits per heavy atom. The van der Waals surface area contributed by atoms with Gasteiger partial charge in [-0.05, 0) is 57.7 Å². The Labute approximate surface area is 212 Å². The molecule has 0 aliphatic carbocycles. The van der Waals surface area contributed by atoms with E-state index in [-0.39, 0.29) is 25.4 Å². The topological polar surface area (TPSA) is 169 Å². The average molecular weight is 503 g/mol. The number of nitrogens with one attached hydrogen (secondary N) is 2. The first-order valence-corrected chi connectivity index (χ1v) is 12.4. The number of benzene rings is 1. The van der Waals surface area contributed by atoms with Crippen molar-refractivity contribution in [2.75, 3.05) is 26.2 Å². The second kappa shape index (κ2) is 14.2. The number of aldehydes is 1. The monoisotopic (exact) mass is 502 g/mol. The molecule has 2 amide bonds. The van der Waals surface area contributed by atoms with E-state index in [4.69, 9.17) is 16.2 Å². The maximum Gasteiger partial charge on any atom is 0.407 e. The summed E-state index contributed by atoms with van der Waals surface area (Å²) in [5, 5.41) is 5.42. The quantitative estimate of drug-likeness (QED) is 0.0937. The summed E-state index contributed by atoms with van der Waals surface area (Å²) in [6.45, 7) is 5.00. The van der Waals surface area contributed by atoms with Crippen molar-refractivity contribution >= 4 is 30.0 Å². The Kier molecular flexibility index (Phi) is 11.3. The van der Waals surface area contributed by atoms with Crippen LogP contribution < -0.4 is 22.1 Å². The minimum absolute atomic E-state index is 0.0469. The molecular weight excluding hydrogens is 464 g/mol. The van der Waals surface area contributed by atoms with Crippen molar-refractivity contribution in [2.24, 2.45) is 16.5 Å². The molecule has 1 aromatic carbocycles. The molecule has 0 unspecified atom stereocenters. The van der Waals surface area contributed by atoms with Crippen molar-refractivity contribution in [1.29, 1.82) is 0 Å². The molecule has 0 saturated carbocycles. The van der Waals surface area contributed by atoms with Crippen molar-refractivity contribution in [1.82, 2.24) is 15.5 Å². The summed E-state index contributed by atoms with van der Waals surface area (Å²) in [6.07, 6.45) is 1.81. The largest absolute Gasteiger partial charge is 0.450 e. The normalized spacial score (nSPS) is 19.1. The lowest BCUT2D eigenvalue weighted by Crippen LogP contribution is -2.66. The van der Waals surface area contributed by atoms with Crippen LogP contribution in [0.2, 0.25) is 0 Å². The number of likely N-dealkylation sites (N-methyl/N-ethyl adjacent to an activating group) is 1. The number of guanidine groups is 1. The number of carbonyl (C=O) groups excluding carboxylic acids is 4. The first-order valence-electron chi connectivity index (χ1n) is 12.4. The highest BCUT2D eigenvalue weighted by Crippen LogP contribution is 2.32. The number of aliphatic imine (C=N–C) groups is 1. The lowest BCUT2D eigenvalue weighted by molar-refractivity contribution is -0.145. The third kappa shape index (κ3) is 7.51. The first kappa shape index (κ1) is 28.8. The van der Waals surface area contributed by atoms with Gasteiger partial charge in [0, 0.05) is 6.54 Å². The summed E-state index contributed by atoms with van der Waals surface area (Å²) in [4.78, 5) is 57.6. The van der Waals surface area contributed by atoms with Gasteiger partial charge in [0.05, 0.1) is 18.7 Å². The van der Waals surface area contributed by atoms with Crippen LogP contribution in [0, 0.1) is 0 Å². The van der Waals surface area contributed by atoms with E-state index < -0.39 is 35.4 Å². The predicted molar refractivity (Wildman–Crippen MR) is 136 cm³/mol. The fourth-order valence-corrected chi connectivity index (χ4v) is 4.59. The fraction of sp³-hybridized carbons (Fsp3) is 0.560. The van der Waals surface area contributed by atoms with Crippen LogP contribution in [0.1, 0.15) is 45.1 Å². The predicted octanol–water partition coefficient (Wildman–Crippen LogP) is 0.505. The number of rotatable bonds is 14. The fourth-order valence-electron chi connectivity index (χ4n) is 4.59. The van der Waals surface area contributed by atoms with Gasteiger partial charge in [-0.2, -0.15) is 0 Å². The summed E-state index contributed by atoms with van der Waals surface area (Å²) in [5.41, 5.74) is 9.97. The third-order valence-corrected chi connectivity index (χ3v) is 6.29. The van der Waals surface area contributed by atoms with Gasteiger partial charge < -0.3 is 31.6 Å². The molecule has 0 spiro atoms. The molecule has 36 heavy (non-hydrogen) atoms. The Hall–Kier alpha value is -3.47. The second-order valence-corrected chi connectivity index (χ2v) is 8.68. The Balaban J connectivity index is 2.32. The molecule has 0 bridgehead atoms. The zero-order valence-electron chi connectivity index (χ0n) is 21.1. The number of amides is 2. The van der Waals surface area contributed by atoms with Crippen LogP contribution in [-0.2, 0) is 25.5 Å². The maximum absolute atomic E-state index is 14.1. The standard InChI is InChI=1S/C25H38N6O5/c1-3-31-15-9-13-25(31,22(34)29-19(17-32)12-8-14-28-23(26)27)21(33)20(30-24(35)36-4-2)16-18-10-6-5-7-11-18/h5-7,10-11,17,19-20H,3-4,8-9,12-16H2,1-2H3,(H,29,34)(H,30,35)(H4,26,27,28)/t19-,20-,25+/m0/s1. The number of hydrogen-bond donors (Lipinski definition) is 4. The molecular formula is C25H38N6O5. The maximum atomic E-state index is 14.1. The van der Waals surface area contributed by atoms with Crippen molar-refractivity contribution in [3.8, 4) is 0 Å². The van der Waals surface area contributed by atoms with Crippen molar-refractivity contribution in [3.63, 3.8) is 0 Å². The second-order valence-electron chi connectivity index (χ2n) is 8.68. The van der Waals surface area contributed by atoms with Crippen molar-refractivity contribution in [3.05, 3.63) is 35.9 Å². The van der Waals surface area contributed by atoms with E-state index in [0.717, 1.165) is 5.56 Å². The van der Waals surface area contributed by atoms with Gasteiger partial charge in [0.15, 0.2) is 17.3 Å². The van der Waals surface area contributed by atoms with Gasteiger partial charge in [-0.25, -0.2) is 4.79 Å². The number of likely N-dealkylation sites (tertiary alicyclic amines) is 1. The van der Waals surface area contributed by atoms with E-state index in [2.05, 4.69) is 15.6 Å². The highest BCUT2D eigenvalue weighted by atomic mass is 16.5. The highest BCUT2D eigenvalue weighted by Gasteiger charge is 2.55. The lowest BCUT2D eigenvalue weighted by Gasteiger charge is -2.38. The number of ether oxygens (including phenoxy) is 1. The SMILES string of the molecule is CCOC(=O)N[C@@H](Cc1ccccc1)C(=O)[C@@]1(C(=O)N[C@H](C=O)CCCN=C(N)N)CCCN1CC. The number of Topliss-reactive ketones (excluding diaryl/α,β-unsaturated/α-hetero) is 1.